The number of hydrogen-bond donors (Lipinski definition) is 1. The van der Waals surface area contributed by atoms with Crippen molar-refractivity contribution in [3.63, 3.8) is 0 Å². The Morgan fingerprint density at radius 3 is 2.71 bits per heavy atom. The third-order valence-electron chi connectivity index (χ3n) is 1.90. The quantitative estimate of drug-likeness (QED) is 0.778. The SMILES string of the molecule is COC(=O)c1sccc1C(C)C(=O)O. The lowest BCUT2D eigenvalue weighted by atomic mass is 10.0. The first-order valence-electron chi connectivity index (χ1n) is 3.96. The van der Waals surface area contributed by atoms with Crippen molar-refractivity contribution in [3.8, 4) is 0 Å². The van der Waals surface area contributed by atoms with E-state index < -0.39 is 17.9 Å². The highest BCUT2D eigenvalue weighted by molar-refractivity contribution is 7.12. The standard InChI is InChI=1S/C9H10O4S/c1-5(8(10)11)6-3-4-14-7(6)9(12)13-2/h3-5H,1-2H3,(H,10,11). The molecule has 1 heterocycles. The summed E-state index contributed by atoms with van der Waals surface area (Å²) in [5.41, 5.74) is 0.509. The van der Waals surface area contributed by atoms with Crippen molar-refractivity contribution in [1.82, 2.24) is 0 Å². The Kier molecular flexibility index (Phi) is 3.24. The van der Waals surface area contributed by atoms with Gasteiger partial charge in [0.25, 0.3) is 0 Å². The second kappa shape index (κ2) is 4.23. The van der Waals surface area contributed by atoms with E-state index >= 15 is 0 Å². The van der Waals surface area contributed by atoms with Crippen molar-refractivity contribution in [1.29, 1.82) is 0 Å². The van der Waals surface area contributed by atoms with E-state index in [1.165, 1.54) is 25.4 Å². The van der Waals surface area contributed by atoms with Crippen molar-refractivity contribution in [2.45, 2.75) is 12.8 Å². The predicted octanol–water partition coefficient (Wildman–Crippen LogP) is 1.72. The molecule has 0 aliphatic carbocycles. The maximum absolute atomic E-state index is 11.2. The normalized spacial score (nSPS) is 12.1. The van der Waals surface area contributed by atoms with Crippen molar-refractivity contribution in [3.05, 3.63) is 21.9 Å². The minimum Gasteiger partial charge on any atom is -0.481 e. The van der Waals surface area contributed by atoms with Crippen LogP contribution in [0.4, 0.5) is 0 Å². The van der Waals surface area contributed by atoms with Gasteiger partial charge in [-0.1, -0.05) is 0 Å². The number of aliphatic carboxylic acids is 1. The van der Waals surface area contributed by atoms with Gasteiger partial charge in [0.05, 0.1) is 13.0 Å². The molecule has 0 saturated heterocycles. The molecule has 0 fully saturated rings. The third kappa shape index (κ3) is 1.93. The number of rotatable bonds is 3. The first-order chi connectivity index (χ1) is 6.57. The van der Waals surface area contributed by atoms with Gasteiger partial charge < -0.3 is 9.84 Å². The number of carbonyl (C=O) groups is 2. The van der Waals surface area contributed by atoms with Gasteiger partial charge in [-0.15, -0.1) is 11.3 Å². The Labute approximate surface area is 85.1 Å². The fourth-order valence-electron chi connectivity index (χ4n) is 1.05. The molecule has 0 bridgehead atoms. The van der Waals surface area contributed by atoms with Gasteiger partial charge >= 0.3 is 11.9 Å². The van der Waals surface area contributed by atoms with Crippen LogP contribution in [0.1, 0.15) is 28.1 Å². The van der Waals surface area contributed by atoms with Gasteiger partial charge in [0.2, 0.25) is 0 Å². The first kappa shape index (κ1) is 10.7. The van der Waals surface area contributed by atoms with E-state index in [4.69, 9.17) is 5.11 Å². The molecular formula is C9H10O4S. The molecule has 1 unspecified atom stereocenters. The summed E-state index contributed by atoms with van der Waals surface area (Å²) in [6.07, 6.45) is 0. The molecule has 1 rings (SSSR count). The fraction of sp³-hybridized carbons (Fsp3) is 0.333. The monoisotopic (exact) mass is 214 g/mol. The topological polar surface area (TPSA) is 63.6 Å². The fourth-order valence-corrected chi connectivity index (χ4v) is 1.96. The zero-order chi connectivity index (χ0) is 10.7. The molecule has 5 heteroatoms. The lowest BCUT2D eigenvalue weighted by Crippen LogP contribution is -2.11. The van der Waals surface area contributed by atoms with E-state index in [2.05, 4.69) is 4.74 Å². The van der Waals surface area contributed by atoms with Crippen LogP contribution in [-0.4, -0.2) is 24.2 Å². The minimum absolute atomic E-state index is 0.363. The van der Waals surface area contributed by atoms with Gasteiger partial charge in [-0.2, -0.15) is 0 Å². The average molecular weight is 214 g/mol. The number of esters is 1. The summed E-state index contributed by atoms with van der Waals surface area (Å²) in [5, 5.41) is 10.5. The van der Waals surface area contributed by atoms with Gasteiger partial charge in [0.1, 0.15) is 4.88 Å². The molecule has 4 nitrogen and oxygen atoms in total. The molecule has 0 saturated carbocycles. The van der Waals surface area contributed by atoms with Crippen LogP contribution in [0.5, 0.6) is 0 Å². The van der Waals surface area contributed by atoms with Gasteiger partial charge in [-0.05, 0) is 23.9 Å². The zero-order valence-corrected chi connectivity index (χ0v) is 8.63. The highest BCUT2D eigenvalue weighted by atomic mass is 32.1. The van der Waals surface area contributed by atoms with Crippen LogP contribution in [0.25, 0.3) is 0 Å². The van der Waals surface area contributed by atoms with E-state index in [9.17, 15) is 9.59 Å². The molecule has 0 aliphatic rings. The van der Waals surface area contributed by atoms with Crippen LogP contribution in [0, 0.1) is 0 Å². The molecule has 76 valence electrons. The second-order valence-electron chi connectivity index (χ2n) is 2.76. The molecule has 14 heavy (non-hydrogen) atoms. The second-order valence-corrected chi connectivity index (χ2v) is 3.67. The average Bonchev–Trinajstić information content (AvgIpc) is 2.63. The highest BCUT2D eigenvalue weighted by Gasteiger charge is 2.22. The van der Waals surface area contributed by atoms with Crippen LogP contribution in [0.2, 0.25) is 0 Å². The van der Waals surface area contributed by atoms with Crippen LogP contribution < -0.4 is 0 Å². The number of thiophene rings is 1. The first-order valence-corrected chi connectivity index (χ1v) is 4.84. The van der Waals surface area contributed by atoms with Crippen molar-refractivity contribution < 1.29 is 19.4 Å². The van der Waals surface area contributed by atoms with E-state index in [1.54, 1.807) is 11.4 Å². The summed E-state index contributed by atoms with van der Waals surface area (Å²) in [7, 11) is 1.28. The summed E-state index contributed by atoms with van der Waals surface area (Å²) in [5.74, 6) is -2.12. The van der Waals surface area contributed by atoms with Gasteiger partial charge in [0, 0.05) is 0 Å². The smallest absolute Gasteiger partial charge is 0.348 e. The van der Waals surface area contributed by atoms with E-state index in [0.29, 0.717) is 10.4 Å². The molecule has 1 aromatic heterocycles. The highest BCUT2D eigenvalue weighted by Crippen LogP contribution is 2.25. The van der Waals surface area contributed by atoms with Crippen molar-refractivity contribution in [2.75, 3.05) is 7.11 Å². The number of carboxylic acid groups (broad SMARTS) is 1. The van der Waals surface area contributed by atoms with Gasteiger partial charge in [-0.25, -0.2) is 4.79 Å². The van der Waals surface area contributed by atoms with E-state index in [0.717, 1.165) is 0 Å². The molecule has 1 N–H and O–H groups in total. The summed E-state index contributed by atoms with van der Waals surface area (Å²) < 4.78 is 4.54. The Balaban J connectivity index is 3.04. The number of hydrogen-bond acceptors (Lipinski definition) is 4. The maximum Gasteiger partial charge on any atom is 0.348 e. The molecule has 1 atom stereocenters. The van der Waals surface area contributed by atoms with Gasteiger partial charge in [-0.3, -0.25) is 4.79 Å². The molecule has 0 amide bonds. The number of methoxy groups -OCH3 is 1. The molecule has 0 aromatic carbocycles. The summed E-state index contributed by atoms with van der Waals surface area (Å²) in [4.78, 5) is 22.3. The Morgan fingerprint density at radius 1 is 1.57 bits per heavy atom. The lowest BCUT2D eigenvalue weighted by molar-refractivity contribution is -0.138. The lowest BCUT2D eigenvalue weighted by Gasteiger charge is -2.05. The third-order valence-corrected chi connectivity index (χ3v) is 2.81. The Bertz CT molecular complexity index is 355. The van der Waals surface area contributed by atoms with Crippen molar-refractivity contribution >= 4 is 23.3 Å². The summed E-state index contributed by atoms with van der Waals surface area (Å²) in [6, 6.07) is 1.63. The van der Waals surface area contributed by atoms with E-state index in [-0.39, 0.29) is 0 Å². The number of ether oxygens (including phenoxy) is 1. The number of carboxylic acids is 1. The number of carbonyl (C=O) groups excluding carboxylic acids is 1. The Morgan fingerprint density at radius 2 is 2.21 bits per heavy atom. The van der Waals surface area contributed by atoms with Gasteiger partial charge in [0.15, 0.2) is 0 Å². The van der Waals surface area contributed by atoms with Crippen LogP contribution in [0.15, 0.2) is 11.4 Å². The summed E-state index contributed by atoms with van der Waals surface area (Å²) >= 11 is 1.19. The zero-order valence-electron chi connectivity index (χ0n) is 7.81. The largest absolute Gasteiger partial charge is 0.481 e. The summed E-state index contributed by atoms with van der Waals surface area (Å²) in [6.45, 7) is 1.54. The minimum atomic E-state index is -0.950. The Hall–Kier alpha value is -1.36. The molecule has 0 aliphatic heterocycles. The van der Waals surface area contributed by atoms with Crippen LogP contribution in [-0.2, 0) is 9.53 Å². The van der Waals surface area contributed by atoms with E-state index in [1.807, 2.05) is 0 Å². The maximum atomic E-state index is 11.2. The molecule has 0 radical (unpaired) electrons. The molecule has 1 aromatic rings. The van der Waals surface area contributed by atoms with Crippen molar-refractivity contribution in [2.24, 2.45) is 0 Å². The predicted molar refractivity (Wildman–Crippen MR) is 51.7 cm³/mol. The van der Waals surface area contributed by atoms with Crippen LogP contribution in [0.3, 0.4) is 0 Å². The molecule has 0 spiro atoms. The molecular weight excluding hydrogens is 204 g/mol. The van der Waals surface area contributed by atoms with Crippen LogP contribution >= 0.6 is 11.3 Å².